The third kappa shape index (κ3) is 15.9. The minimum Gasteiger partial charge on any atom is -0.393 e. The number of Topliss-reactive ketones (excluding diaryl/α,β-unsaturated/α-hetero) is 3. The summed E-state index contributed by atoms with van der Waals surface area (Å²) in [5.74, 6) is 2.82. The second-order valence-electron chi connectivity index (χ2n) is 26.2. The van der Waals surface area contributed by atoms with Crippen LogP contribution in [0.15, 0.2) is 106 Å². The van der Waals surface area contributed by atoms with Crippen molar-refractivity contribution < 1.29 is 43.9 Å². The molecule has 0 radical (unpaired) electrons. The molecule has 9 aromatic rings. The Bertz CT molecular complexity index is 4150. The van der Waals surface area contributed by atoms with Gasteiger partial charge in [-0.15, -0.1) is 0 Å². The van der Waals surface area contributed by atoms with E-state index in [1.165, 1.54) is 18.6 Å². The summed E-state index contributed by atoms with van der Waals surface area (Å²) in [4.78, 5) is 91.1. The van der Waals surface area contributed by atoms with E-state index in [1.54, 1.807) is 122 Å². The van der Waals surface area contributed by atoms with E-state index in [9.17, 15) is 44.1 Å². The van der Waals surface area contributed by atoms with Gasteiger partial charge in [0.2, 0.25) is 0 Å². The van der Waals surface area contributed by atoms with Gasteiger partial charge >= 0.3 is 0 Å². The number of ketones is 3. The lowest BCUT2D eigenvalue weighted by Gasteiger charge is -2.31. The van der Waals surface area contributed by atoms with Crippen molar-refractivity contribution in [3.63, 3.8) is 0 Å². The number of anilines is 9. The number of pyridine rings is 3. The second kappa shape index (κ2) is 30.2. The molecule has 6 aliphatic rings. The highest BCUT2D eigenvalue weighted by atomic mass is 16.5. The first-order chi connectivity index (χ1) is 48.1. The van der Waals surface area contributed by atoms with E-state index in [2.05, 4.69) is 62.1 Å². The summed E-state index contributed by atoms with van der Waals surface area (Å²) in [6.07, 6.45) is 21.7. The Morgan fingerprint density at radius 1 is 0.434 bits per heavy atom. The summed E-state index contributed by atoms with van der Waals surface area (Å²) < 4.78 is 26.5. The van der Waals surface area contributed by atoms with Gasteiger partial charge < -0.3 is 75.1 Å². The summed E-state index contributed by atoms with van der Waals surface area (Å²) in [5.41, 5.74) is 3.03. The average molecular weight is 1360 g/mol. The summed E-state index contributed by atoms with van der Waals surface area (Å²) in [6.45, 7) is 2.94. The Labute approximate surface area is 568 Å². The van der Waals surface area contributed by atoms with Gasteiger partial charge in [0.1, 0.15) is 52.0 Å². The van der Waals surface area contributed by atoms with Crippen LogP contribution in [0.5, 0.6) is 0 Å². The van der Waals surface area contributed by atoms with E-state index in [0.29, 0.717) is 143 Å². The normalized spacial score (nSPS) is 19.9. The van der Waals surface area contributed by atoms with Crippen LogP contribution in [0.1, 0.15) is 127 Å². The topological polar surface area (TPSA) is 368 Å². The van der Waals surface area contributed by atoms with E-state index in [1.807, 2.05) is 0 Å². The molecule has 30 heteroatoms. The van der Waals surface area contributed by atoms with Crippen LogP contribution in [0.2, 0.25) is 0 Å². The predicted octanol–water partition coefficient (Wildman–Crippen LogP) is 6.60. The highest BCUT2D eigenvalue weighted by Crippen LogP contribution is 2.36. The zero-order valence-electron chi connectivity index (χ0n) is 55.6. The van der Waals surface area contributed by atoms with Gasteiger partial charge in [-0.25, -0.2) is 15.0 Å². The Morgan fingerprint density at radius 2 is 0.717 bits per heavy atom. The van der Waals surface area contributed by atoms with Crippen LogP contribution in [-0.2, 0) is 33.8 Å². The molecule has 0 bridgehead atoms. The molecule has 6 fully saturated rings. The van der Waals surface area contributed by atoms with Crippen LogP contribution in [0.25, 0.3) is 16.9 Å². The molecule has 0 aliphatic heterocycles. The summed E-state index contributed by atoms with van der Waals surface area (Å²) in [5, 5.41) is 60.9. The molecule has 9 heterocycles. The molecule has 0 unspecified atom stereocenters. The number of carbonyl (C=O) groups excluding carboxylic acids is 3. The van der Waals surface area contributed by atoms with Gasteiger partial charge in [0.15, 0.2) is 34.3 Å². The van der Waals surface area contributed by atoms with Crippen LogP contribution in [-0.4, -0.2) is 168 Å². The zero-order valence-corrected chi connectivity index (χ0v) is 55.6. The number of carbonyl (C=O) groups is 3. The number of aromatic nitrogens is 12. The van der Waals surface area contributed by atoms with Crippen molar-refractivity contribution in [3.8, 4) is 0 Å². The third-order valence-corrected chi connectivity index (χ3v) is 19.0. The van der Waals surface area contributed by atoms with Crippen molar-refractivity contribution in [1.29, 1.82) is 0 Å². The van der Waals surface area contributed by atoms with E-state index in [0.717, 1.165) is 77.0 Å². The van der Waals surface area contributed by atoms with Crippen LogP contribution in [0.3, 0.4) is 0 Å². The Hall–Kier alpha value is -9.72. The molecule has 6 saturated carbocycles. The molecule has 15 rings (SSSR count). The molecule has 0 spiro atoms. The minimum absolute atomic E-state index is 0.00999. The monoisotopic (exact) mass is 1360 g/mol. The number of nitrogens with zero attached hydrogens (tertiary/aromatic N) is 12. The number of rotatable bonds is 30. The number of hydrogen-bond acceptors (Lipinski definition) is 24. The Balaban J connectivity index is 0.000000133. The SMILES string of the molecule is CNc1cc(Nc2cccn(CCOC3CC3)c2=O)nc2c(C(=O)C[C@@H]3CC[C@H]3O)cnn12.CNc1cc(Nc2cccn(CCOC3CC3)c2=O)nc2c(C(=O)C[C@@H]3CC[C@H]3O)cnn12.CNc1cc(Nc2cccn(CCOC3CC3)c2=O)nc2c(C(=O)C[C@H]3CC[C@@H]3O)cnn12. The lowest BCUT2D eigenvalue weighted by molar-refractivity contribution is 0.0199. The number of hydrogen-bond donors (Lipinski definition) is 9. The number of fused-ring (bicyclic) bond motifs is 3. The fourth-order valence-electron chi connectivity index (χ4n) is 12.1. The van der Waals surface area contributed by atoms with Crippen molar-refractivity contribution >= 4 is 86.3 Å². The summed E-state index contributed by atoms with van der Waals surface area (Å²) >= 11 is 0. The van der Waals surface area contributed by atoms with Gasteiger partial charge in [-0.3, -0.25) is 28.8 Å². The molecule has 6 atom stereocenters. The van der Waals surface area contributed by atoms with Gasteiger partial charge in [0.05, 0.1) is 91.7 Å². The zero-order chi connectivity index (χ0) is 68.8. The standard InChI is InChI=1S/3C23H28N6O4/c3*1-24-21-12-20(26-17-3-2-8-28(23(17)32)9-10-33-15-5-6-15)27-22-16(13-25-29(21)22)19(31)11-14-4-7-18(14)30/h3*2-3,8,12-15,18,24,30H,4-7,9-11H2,1H3,(H,26,27)/t3*14-,18+/m100/s1. The van der Waals surface area contributed by atoms with Gasteiger partial charge in [0, 0.05) is 96.8 Å². The van der Waals surface area contributed by atoms with Crippen molar-refractivity contribution in [2.45, 2.75) is 153 Å². The van der Waals surface area contributed by atoms with E-state index < -0.39 is 18.3 Å². The third-order valence-electron chi connectivity index (χ3n) is 19.0. The Kier molecular flexibility index (Phi) is 20.7. The van der Waals surface area contributed by atoms with Gasteiger partial charge in [-0.2, -0.15) is 28.8 Å². The molecule has 0 saturated heterocycles. The van der Waals surface area contributed by atoms with Crippen LogP contribution in [0, 0.1) is 17.8 Å². The van der Waals surface area contributed by atoms with Crippen LogP contribution in [0.4, 0.5) is 52.0 Å². The maximum absolute atomic E-state index is 12.9. The second-order valence-corrected chi connectivity index (χ2v) is 26.2. The summed E-state index contributed by atoms with van der Waals surface area (Å²) in [6, 6.07) is 15.7. The molecule has 9 aromatic heterocycles. The number of ether oxygens (including phenoxy) is 3. The number of aliphatic hydroxyl groups is 3. The fourth-order valence-corrected chi connectivity index (χ4v) is 12.1. The molecule has 9 N–H and O–H groups in total. The van der Waals surface area contributed by atoms with E-state index in [4.69, 9.17) is 14.2 Å². The fraction of sp³-hybridized carbons (Fsp3) is 0.478. The minimum atomic E-state index is -0.413. The first-order valence-electron chi connectivity index (χ1n) is 34.2. The van der Waals surface area contributed by atoms with Crippen LogP contribution >= 0.6 is 0 Å². The van der Waals surface area contributed by atoms with Crippen molar-refractivity contribution in [3.05, 3.63) is 140 Å². The predicted molar refractivity (Wildman–Crippen MR) is 370 cm³/mol. The maximum Gasteiger partial charge on any atom is 0.274 e. The summed E-state index contributed by atoms with van der Waals surface area (Å²) in [7, 11) is 5.26. The first kappa shape index (κ1) is 67.8. The molecule has 6 aliphatic carbocycles. The smallest absolute Gasteiger partial charge is 0.274 e. The maximum atomic E-state index is 12.9. The molecular formula is C69H84N18O12. The van der Waals surface area contributed by atoms with Crippen molar-refractivity contribution in [2.24, 2.45) is 17.8 Å². The molecule has 0 amide bonds. The van der Waals surface area contributed by atoms with E-state index >= 15 is 0 Å². The number of nitrogens with one attached hydrogen (secondary N) is 6. The van der Waals surface area contributed by atoms with Gasteiger partial charge in [-0.05, 0) is 131 Å². The quantitative estimate of drug-likeness (QED) is 0.0214. The average Bonchev–Trinajstić information content (AvgIpc) is 1.68. The molecule has 0 aromatic carbocycles. The molecular weight excluding hydrogens is 1270 g/mol. The first-order valence-corrected chi connectivity index (χ1v) is 34.2. The molecule has 30 nitrogen and oxygen atoms in total. The highest BCUT2D eigenvalue weighted by molar-refractivity contribution is 6.03. The lowest BCUT2D eigenvalue weighted by atomic mass is 9.78. The van der Waals surface area contributed by atoms with E-state index in [-0.39, 0.29) is 71.0 Å². The van der Waals surface area contributed by atoms with Crippen molar-refractivity contribution in [1.82, 2.24) is 57.5 Å². The van der Waals surface area contributed by atoms with Gasteiger partial charge in [-0.1, -0.05) is 0 Å². The highest BCUT2D eigenvalue weighted by Gasteiger charge is 2.35. The van der Waals surface area contributed by atoms with Crippen molar-refractivity contribution in [2.75, 3.05) is 72.9 Å². The molecule has 522 valence electrons. The molecule has 99 heavy (non-hydrogen) atoms. The Morgan fingerprint density at radius 3 is 0.949 bits per heavy atom. The lowest BCUT2D eigenvalue weighted by Crippen LogP contribution is -2.32. The van der Waals surface area contributed by atoms with Gasteiger partial charge in [0.25, 0.3) is 16.7 Å². The number of aliphatic hydroxyl groups excluding tert-OH is 3. The van der Waals surface area contributed by atoms with Crippen LogP contribution < -0.4 is 48.6 Å². The largest absolute Gasteiger partial charge is 0.393 e.